The lowest BCUT2D eigenvalue weighted by Crippen LogP contribution is -1.94. The fourth-order valence-corrected chi connectivity index (χ4v) is 1.15. The fraction of sp³-hybridized carbons (Fsp3) is 0.273. The lowest BCUT2D eigenvalue weighted by Gasteiger charge is -2.07. The average molecular weight is 192 g/mol. The molecule has 1 nitrogen and oxygen atoms in total. The summed E-state index contributed by atoms with van der Waals surface area (Å²) in [6, 6.07) is 7.79. The van der Waals surface area contributed by atoms with Gasteiger partial charge in [-0.2, -0.15) is 12.6 Å². The average Bonchev–Trinajstić information content (AvgIpc) is 2.15. The summed E-state index contributed by atoms with van der Waals surface area (Å²) in [6.07, 6.45) is 5.08. The van der Waals surface area contributed by atoms with Crippen LogP contribution in [0.3, 0.4) is 0 Å². The molecule has 0 radical (unpaired) electrons. The van der Waals surface area contributed by atoms with Crippen molar-refractivity contribution in [3.63, 3.8) is 0 Å². The van der Waals surface area contributed by atoms with E-state index in [-0.39, 0.29) is 5.25 Å². The molecule has 0 fully saturated rings. The first-order chi connectivity index (χ1) is 6.24. The molecule has 68 valence electrons. The summed E-state index contributed by atoms with van der Waals surface area (Å²) in [7, 11) is 0. The van der Waals surface area contributed by atoms with Gasteiger partial charge in [0.15, 0.2) is 0 Å². The molecule has 1 unspecified atom stereocenters. The van der Waals surface area contributed by atoms with Crippen molar-refractivity contribution < 1.29 is 4.74 Å². The predicted molar refractivity (Wildman–Crippen MR) is 58.2 cm³/mol. The van der Waals surface area contributed by atoms with Gasteiger partial charge in [-0.25, -0.2) is 0 Å². The second-order valence-electron chi connectivity index (χ2n) is 2.74. The second kappa shape index (κ2) is 4.84. The van der Waals surface area contributed by atoms with E-state index in [9.17, 15) is 0 Å². The van der Waals surface area contributed by atoms with Gasteiger partial charge in [0.25, 0.3) is 0 Å². The van der Waals surface area contributed by atoms with Crippen LogP contribution in [0.15, 0.2) is 24.3 Å². The Hall–Kier alpha value is -1.07. The number of benzene rings is 1. The van der Waals surface area contributed by atoms with Crippen molar-refractivity contribution in [2.24, 2.45) is 0 Å². The summed E-state index contributed by atoms with van der Waals surface area (Å²) in [5.41, 5.74) is 1.14. The van der Waals surface area contributed by atoms with Crippen molar-refractivity contribution in [1.29, 1.82) is 0 Å². The number of hydrogen-bond donors (Lipinski definition) is 1. The summed E-state index contributed by atoms with van der Waals surface area (Å²) < 4.78 is 5.28. The van der Waals surface area contributed by atoms with Gasteiger partial charge in [-0.15, -0.1) is 6.42 Å². The standard InChI is InChI=1S/C11H12OS/c1-3-7-12-11-6-4-5-10(8-11)9(2)13/h1,4-6,8-9,13H,7H2,2H3. The number of hydrogen-bond acceptors (Lipinski definition) is 2. The van der Waals surface area contributed by atoms with Crippen LogP contribution >= 0.6 is 12.6 Å². The van der Waals surface area contributed by atoms with Crippen LogP contribution in [0.4, 0.5) is 0 Å². The molecule has 0 aliphatic carbocycles. The first-order valence-electron chi connectivity index (χ1n) is 4.08. The molecule has 0 bridgehead atoms. The van der Waals surface area contributed by atoms with Gasteiger partial charge in [-0.05, 0) is 24.6 Å². The van der Waals surface area contributed by atoms with E-state index in [1.807, 2.05) is 31.2 Å². The first kappa shape index (κ1) is 10.0. The molecule has 0 amide bonds. The van der Waals surface area contributed by atoms with Gasteiger partial charge in [0.2, 0.25) is 0 Å². The molecule has 0 N–H and O–H groups in total. The fourth-order valence-electron chi connectivity index (χ4n) is 0.989. The topological polar surface area (TPSA) is 9.23 Å². The van der Waals surface area contributed by atoms with Gasteiger partial charge in [-0.1, -0.05) is 18.1 Å². The molecular formula is C11H12OS. The molecular weight excluding hydrogens is 180 g/mol. The van der Waals surface area contributed by atoms with Crippen LogP contribution in [0.25, 0.3) is 0 Å². The van der Waals surface area contributed by atoms with Crippen LogP contribution in [0, 0.1) is 12.3 Å². The Morgan fingerprint density at radius 3 is 3.00 bits per heavy atom. The predicted octanol–water partition coefficient (Wildman–Crippen LogP) is 2.69. The van der Waals surface area contributed by atoms with Crippen LogP contribution in [0.1, 0.15) is 17.7 Å². The summed E-state index contributed by atoms with van der Waals surface area (Å²) in [6.45, 7) is 2.33. The number of terminal acetylenes is 1. The highest BCUT2D eigenvalue weighted by atomic mass is 32.1. The highest BCUT2D eigenvalue weighted by Crippen LogP contribution is 2.22. The Kier molecular flexibility index (Phi) is 3.72. The minimum absolute atomic E-state index is 0.217. The van der Waals surface area contributed by atoms with Crippen LogP contribution < -0.4 is 4.74 Å². The smallest absolute Gasteiger partial charge is 0.148 e. The van der Waals surface area contributed by atoms with E-state index in [2.05, 4.69) is 18.5 Å². The summed E-state index contributed by atoms with van der Waals surface area (Å²) in [5, 5.41) is 0.217. The van der Waals surface area contributed by atoms with E-state index in [0.29, 0.717) is 6.61 Å². The van der Waals surface area contributed by atoms with Crippen LogP contribution in [0.2, 0.25) is 0 Å². The van der Waals surface area contributed by atoms with Crippen molar-refractivity contribution >= 4 is 12.6 Å². The molecule has 0 aliphatic rings. The van der Waals surface area contributed by atoms with Crippen molar-refractivity contribution in [3.05, 3.63) is 29.8 Å². The van der Waals surface area contributed by atoms with Gasteiger partial charge >= 0.3 is 0 Å². The van der Waals surface area contributed by atoms with E-state index in [1.165, 1.54) is 0 Å². The van der Waals surface area contributed by atoms with Crippen molar-refractivity contribution in [2.45, 2.75) is 12.2 Å². The maximum Gasteiger partial charge on any atom is 0.148 e. The maximum absolute atomic E-state index is 5.28. The first-order valence-corrected chi connectivity index (χ1v) is 4.60. The number of thiol groups is 1. The van der Waals surface area contributed by atoms with Crippen molar-refractivity contribution in [3.8, 4) is 18.1 Å². The minimum Gasteiger partial charge on any atom is -0.481 e. The molecule has 0 saturated heterocycles. The van der Waals surface area contributed by atoms with Crippen LogP contribution in [0.5, 0.6) is 5.75 Å². The van der Waals surface area contributed by atoms with Gasteiger partial charge < -0.3 is 4.74 Å². The van der Waals surface area contributed by atoms with Gasteiger partial charge in [0, 0.05) is 5.25 Å². The SMILES string of the molecule is C#CCOc1cccc(C(C)S)c1. The summed E-state index contributed by atoms with van der Waals surface area (Å²) in [5.74, 6) is 3.23. The van der Waals surface area contributed by atoms with Gasteiger partial charge in [-0.3, -0.25) is 0 Å². The zero-order valence-corrected chi connectivity index (χ0v) is 8.42. The Labute approximate surface area is 84.5 Å². The normalized spacial score (nSPS) is 11.8. The van der Waals surface area contributed by atoms with E-state index in [4.69, 9.17) is 11.2 Å². The zero-order valence-electron chi connectivity index (χ0n) is 7.53. The second-order valence-corrected chi connectivity index (χ2v) is 3.52. The third-order valence-electron chi connectivity index (χ3n) is 1.66. The Morgan fingerprint density at radius 2 is 2.38 bits per heavy atom. The molecule has 13 heavy (non-hydrogen) atoms. The lowest BCUT2D eigenvalue weighted by molar-refractivity contribution is 0.370. The van der Waals surface area contributed by atoms with Crippen molar-refractivity contribution in [1.82, 2.24) is 0 Å². The minimum atomic E-state index is 0.217. The Bertz CT molecular complexity index is 312. The van der Waals surface area contributed by atoms with E-state index >= 15 is 0 Å². The molecule has 0 spiro atoms. The molecule has 2 heteroatoms. The Balaban J connectivity index is 2.75. The summed E-state index contributed by atoms with van der Waals surface area (Å²) >= 11 is 4.33. The lowest BCUT2D eigenvalue weighted by atomic mass is 10.1. The third kappa shape index (κ3) is 3.04. The third-order valence-corrected chi connectivity index (χ3v) is 1.96. The van der Waals surface area contributed by atoms with Gasteiger partial charge in [0.05, 0.1) is 0 Å². The van der Waals surface area contributed by atoms with Crippen LogP contribution in [-0.4, -0.2) is 6.61 Å². The van der Waals surface area contributed by atoms with E-state index in [0.717, 1.165) is 11.3 Å². The molecule has 0 aromatic heterocycles. The zero-order chi connectivity index (χ0) is 9.68. The molecule has 1 rings (SSSR count). The Morgan fingerprint density at radius 1 is 1.62 bits per heavy atom. The summed E-state index contributed by atoms with van der Waals surface area (Å²) in [4.78, 5) is 0. The number of ether oxygens (including phenoxy) is 1. The number of rotatable bonds is 3. The van der Waals surface area contributed by atoms with E-state index < -0.39 is 0 Å². The molecule has 1 aromatic carbocycles. The molecule has 1 aromatic rings. The monoisotopic (exact) mass is 192 g/mol. The van der Waals surface area contributed by atoms with E-state index in [1.54, 1.807) is 0 Å². The quantitative estimate of drug-likeness (QED) is 0.572. The molecule has 1 atom stereocenters. The molecule has 0 aliphatic heterocycles. The highest BCUT2D eigenvalue weighted by Gasteiger charge is 2.00. The van der Waals surface area contributed by atoms with Gasteiger partial charge in [0.1, 0.15) is 12.4 Å². The highest BCUT2D eigenvalue weighted by molar-refractivity contribution is 7.80. The maximum atomic E-state index is 5.28. The largest absolute Gasteiger partial charge is 0.481 e. The molecule has 0 heterocycles. The molecule has 0 saturated carbocycles. The van der Waals surface area contributed by atoms with Crippen molar-refractivity contribution in [2.75, 3.05) is 6.61 Å². The van der Waals surface area contributed by atoms with Crippen LogP contribution in [-0.2, 0) is 0 Å².